The summed E-state index contributed by atoms with van der Waals surface area (Å²) < 4.78 is 7.90. The van der Waals surface area contributed by atoms with Crippen molar-refractivity contribution in [1.29, 1.82) is 0 Å². The highest BCUT2D eigenvalue weighted by Gasteiger charge is 2.21. The van der Waals surface area contributed by atoms with Crippen LogP contribution in [0.3, 0.4) is 0 Å². The number of hydrogen-bond donors (Lipinski definition) is 1. The van der Waals surface area contributed by atoms with E-state index in [4.69, 9.17) is 4.74 Å². The van der Waals surface area contributed by atoms with Crippen LogP contribution in [0.4, 0.5) is 5.13 Å². The monoisotopic (exact) mass is 443 g/mol. The first-order valence-electron chi connectivity index (χ1n) is 9.50. The van der Waals surface area contributed by atoms with Gasteiger partial charge in [0.2, 0.25) is 5.91 Å². The van der Waals surface area contributed by atoms with E-state index >= 15 is 0 Å². The van der Waals surface area contributed by atoms with Crippen molar-refractivity contribution in [2.45, 2.75) is 51.3 Å². The SMILES string of the molecule is C=CCn1c(COc2cc(C)ccc2C)nnc1S[C@H](C)C(=O)Nc1nc(C)cs1. The lowest BCUT2D eigenvalue weighted by atomic mass is 10.1. The Hall–Kier alpha value is -2.65. The Morgan fingerprint density at radius 1 is 1.37 bits per heavy atom. The molecule has 158 valence electrons. The molecule has 0 spiro atoms. The number of thiazole rings is 1. The summed E-state index contributed by atoms with van der Waals surface area (Å²) in [6.45, 7) is 12.4. The van der Waals surface area contributed by atoms with Crippen LogP contribution in [-0.2, 0) is 17.9 Å². The molecule has 0 bridgehead atoms. The number of benzene rings is 1. The van der Waals surface area contributed by atoms with E-state index in [2.05, 4.69) is 33.1 Å². The van der Waals surface area contributed by atoms with Gasteiger partial charge < -0.3 is 10.1 Å². The highest BCUT2D eigenvalue weighted by molar-refractivity contribution is 8.00. The topological polar surface area (TPSA) is 81.9 Å². The number of aromatic nitrogens is 4. The van der Waals surface area contributed by atoms with Crippen molar-refractivity contribution in [3.8, 4) is 5.75 Å². The van der Waals surface area contributed by atoms with Gasteiger partial charge in [-0.05, 0) is 44.9 Å². The summed E-state index contributed by atoms with van der Waals surface area (Å²) in [5.41, 5.74) is 3.08. The van der Waals surface area contributed by atoms with Gasteiger partial charge in [0.25, 0.3) is 0 Å². The molecule has 0 aliphatic carbocycles. The Balaban J connectivity index is 1.69. The predicted molar refractivity (Wildman–Crippen MR) is 121 cm³/mol. The average molecular weight is 444 g/mol. The minimum Gasteiger partial charge on any atom is -0.485 e. The van der Waals surface area contributed by atoms with Gasteiger partial charge in [0.05, 0.1) is 10.9 Å². The molecule has 0 fully saturated rings. The fourth-order valence-corrected chi connectivity index (χ4v) is 4.23. The largest absolute Gasteiger partial charge is 0.485 e. The Morgan fingerprint density at radius 2 is 2.17 bits per heavy atom. The predicted octanol–water partition coefficient (Wildman–Crippen LogP) is 4.54. The van der Waals surface area contributed by atoms with E-state index < -0.39 is 0 Å². The molecular weight excluding hydrogens is 418 g/mol. The van der Waals surface area contributed by atoms with Crippen LogP contribution in [0.2, 0.25) is 0 Å². The first-order valence-corrected chi connectivity index (χ1v) is 11.3. The standard InChI is InChI=1S/C21H25N5O2S2/c1-6-9-26-18(11-28-17-10-13(2)7-8-14(17)3)24-25-21(26)30-16(5)19(27)23-20-22-15(4)12-29-20/h6-8,10,12,16H,1,9,11H2,2-5H3,(H,22,23,27)/t16-/m1/s1. The maximum Gasteiger partial charge on any atom is 0.239 e. The van der Waals surface area contributed by atoms with E-state index in [0.717, 1.165) is 22.6 Å². The lowest BCUT2D eigenvalue weighted by molar-refractivity contribution is -0.115. The summed E-state index contributed by atoms with van der Waals surface area (Å²) in [4.78, 5) is 16.8. The zero-order chi connectivity index (χ0) is 21.7. The van der Waals surface area contributed by atoms with Crippen molar-refractivity contribution >= 4 is 34.1 Å². The second-order valence-electron chi connectivity index (χ2n) is 6.90. The van der Waals surface area contributed by atoms with Gasteiger partial charge in [-0.25, -0.2) is 4.98 Å². The van der Waals surface area contributed by atoms with Crippen LogP contribution in [-0.4, -0.2) is 30.9 Å². The molecule has 1 aromatic carbocycles. The Kier molecular flexibility index (Phi) is 7.28. The van der Waals surface area contributed by atoms with Crippen LogP contribution < -0.4 is 10.1 Å². The van der Waals surface area contributed by atoms with Crippen molar-refractivity contribution in [2.75, 3.05) is 5.32 Å². The number of thioether (sulfide) groups is 1. The first-order chi connectivity index (χ1) is 14.4. The number of rotatable bonds is 9. The maximum atomic E-state index is 12.5. The summed E-state index contributed by atoms with van der Waals surface area (Å²) in [7, 11) is 0. The van der Waals surface area contributed by atoms with E-state index in [9.17, 15) is 4.79 Å². The highest BCUT2D eigenvalue weighted by atomic mass is 32.2. The number of hydrogen-bond acceptors (Lipinski definition) is 7. The number of nitrogens with zero attached hydrogens (tertiary/aromatic N) is 4. The Bertz CT molecular complexity index is 1040. The van der Waals surface area contributed by atoms with Crippen LogP contribution in [0, 0.1) is 20.8 Å². The normalized spacial score (nSPS) is 11.9. The Labute approximate surface area is 184 Å². The van der Waals surface area contributed by atoms with Gasteiger partial charge >= 0.3 is 0 Å². The number of carbonyl (C=O) groups excluding carboxylic acids is 1. The fraction of sp³-hybridized carbons (Fsp3) is 0.333. The minimum atomic E-state index is -0.366. The summed E-state index contributed by atoms with van der Waals surface area (Å²) in [6.07, 6.45) is 1.78. The molecule has 3 rings (SSSR count). The van der Waals surface area contributed by atoms with Crippen LogP contribution in [0.1, 0.15) is 29.6 Å². The molecule has 0 aliphatic heterocycles. The maximum absolute atomic E-state index is 12.5. The van der Waals surface area contributed by atoms with Crippen LogP contribution in [0.25, 0.3) is 0 Å². The smallest absolute Gasteiger partial charge is 0.239 e. The summed E-state index contributed by atoms with van der Waals surface area (Å²) in [5, 5.41) is 14.2. The van der Waals surface area contributed by atoms with Gasteiger partial charge in [-0.3, -0.25) is 9.36 Å². The van der Waals surface area contributed by atoms with Gasteiger partial charge in [0.1, 0.15) is 12.4 Å². The minimum absolute atomic E-state index is 0.129. The number of ether oxygens (including phenoxy) is 1. The summed E-state index contributed by atoms with van der Waals surface area (Å²) in [6, 6.07) is 6.09. The third kappa shape index (κ3) is 5.48. The molecule has 1 amide bonds. The van der Waals surface area contributed by atoms with Crippen LogP contribution >= 0.6 is 23.1 Å². The molecule has 7 nitrogen and oxygen atoms in total. The van der Waals surface area contributed by atoms with Gasteiger partial charge in [0.15, 0.2) is 16.1 Å². The fourth-order valence-electron chi connectivity index (χ4n) is 2.66. The number of aryl methyl sites for hydroxylation is 3. The quantitative estimate of drug-likeness (QED) is 0.386. The number of amides is 1. The molecule has 3 aromatic rings. The number of anilines is 1. The molecule has 0 unspecified atom stereocenters. The molecule has 1 N–H and O–H groups in total. The molecular formula is C21H25N5O2S2. The first kappa shape index (κ1) is 22.0. The molecule has 9 heteroatoms. The molecule has 0 saturated carbocycles. The lowest BCUT2D eigenvalue weighted by Gasteiger charge is -2.13. The number of carbonyl (C=O) groups is 1. The molecule has 2 heterocycles. The van der Waals surface area contributed by atoms with E-state index in [1.165, 1.54) is 23.1 Å². The van der Waals surface area contributed by atoms with Crippen LogP contribution in [0.5, 0.6) is 5.75 Å². The molecule has 0 aliphatic rings. The third-order valence-electron chi connectivity index (χ3n) is 4.31. The van der Waals surface area contributed by atoms with Crippen LogP contribution in [0.15, 0.2) is 41.4 Å². The molecule has 2 aromatic heterocycles. The molecule has 1 atom stereocenters. The molecule has 0 radical (unpaired) electrons. The van der Waals surface area contributed by atoms with Crippen molar-refractivity contribution in [1.82, 2.24) is 19.7 Å². The lowest BCUT2D eigenvalue weighted by Crippen LogP contribution is -2.23. The summed E-state index contributed by atoms with van der Waals surface area (Å²) >= 11 is 2.75. The second-order valence-corrected chi connectivity index (χ2v) is 9.07. The van der Waals surface area contributed by atoms with Gasteiger partial charge in [-0.2, -0.15) is 0 Å². The zero-order valence-corrected chi connectivity index (χ0v) is 19.1. The van der Waals surface area contributed by atoms with E-state index in [1.54, 1.807) is 6.08 Å². The van der Waals surface area contributed by atoms with Gasteiger partial charge in [-0.15, -0.1) is 28.1 Å². The Morgan fingerprint density at radius 3 is 2.87 bits per heavy atom. The number of nitrogens with one attached hydrogen (secondary N) is 1. The van der Waals surface area contributed by atoms with E-state index in [-0.39, 0.29) is 17.8 Å². The highest BCUT2D eigenvalue weighted by Crippen LogP contribution is 2.26. The van der Waals surface area contributed by atoms with Gasteiger partial charge in [-0.1, -0.05) is 30.0 Å². The zero-order valence-electron chi connectivity index (χ0n) is 17.5. The van der Waals surface area contributed by atoms with Crippen molar-refractivity contribution in [3.63, 3.8) is 0 Å². The summed E-state index contributed by atoms with van der Waals surface area (Å²) in [5.74, 6) is 1.38. The number of allylic oxidation sites excluding steroid dienone is 1. The third-order valence-corrected chi connectivity index (χ3v) is 6.26. The van der Waals surface area contributed by atoms with E-state index in [0.29, 0.717) is 22.7 Å². The van der Waals surface area contributed by atoms with Gasteiger partial charge in [0, 0.05) is 11.9 Å². The van der Waals surface area contributed by atoms with E-state index in [1.807, 2.05) is 49.8 Å². The second kappa shape index (κ2) is 9.90. The average Bonchev–Trinajstić information content (AvgIpc) is 3.29. The van der Waals surface area contributed by atoms with Crippen molar-refractivity contribution in [2.24, 2.45) is 0 Å². The van der Waals surface area contributed by atoms with Crippen molar-refractivity contribution < 1.29 is 9.53 Å². The van der Waals surface area contributed by atoms with Crippen molar-refractivity contribution in [3.05, 3.63) is 58.9 Å². The molecule has 30 heavy (non-hydrogen) atoms. The molecule has 0 saturated heterocycles.